The zero-order chi connectivity index (χ0) is 7.84. The highest BCUT2D eigenvalue weighted by Gasteiger charge is 2.07. The van der Waals surface area contributed by atoms with Crippen LogP contribution in [0, 0.1) is 12.3 Å². The summed E-state index contributed by atoms with van der Waals surface area (Å²) in [4.78, 5) is 3.99. The van der Waals surface area contributed by atoms with Crippen LogP contribution in [-0.4, -0.2) is 9.55 Å². The molecule has 0 bridgehead atoms. The summed E-state index contributed by atoms with van der Waals surface area (Å²) < 4.78 is 6.93. The van der Waals surface area contributed by atoms with Gasteiger partial charge in [-0.05, 0) is 0 Å². The number of hydrogen-bond acceptors (Lipinski definition) is 2. The second-order valence-corrected chi connectivity index (χ2v) is 2.30. The molecule has 0 saturated heterocycles. The van der Waals surface area contributed by atoms with E-state index in [0.29, 0.717) is 5.58 Å². The van der Waals surface area contributed by atoms with Crippen LogP contribution in [0.2, 0.25) is 0 Å². The van der Waals surface area contributed by atoms with E-state index in [-0.39, 0.29) is 0 Å². The molecule has 0 fully saturated rings. The Kier molecular flexibility index (Phi) is 1.04. The third-order valence-electron chi connectivity index (χ3n) is 1.61. The maximum atomic E-state index is 5.24. The molecule has 0 atom stereocenters. The molecule has 0 aromatic carbocycles. The van der Waals surface area contributed by atoms with Crippen molar-refractivity contribution in [2.24, 2.45) is 7.05 Å². The van der Waals surface area contributed by atoms with E-state index < -0.39 is 0 Å². The van der Waals surface area contributed by atoms with Gasteiger partial charge in [0.1, 0.15) is 0 Å². The molecule has 3 nitrogen and oxygen atoms in total. The first kappa shape index (κ1) is 6.05. The van der Waals surface area contributed by atoms with Gasteiger partial charge in [-0.3, -0.25) is 0 Å². The Hall–Kier alpha value is -1.69. The van der Waals surface area contributed by atoms with Gasteiger partial charge in [0.15, 0.2) is 17.6 Å². The van der Waals surface area contributed by atoms with Crippen molar-refractivity contribution in [2.45, 2.75) is 0 Å². The number of terminal acetylenes is 1. The standard InChI is InChI=1S/C8H6N2O/c1-3-6-4-10(2)8-7(6)11-5-9-8/h1,4-5H,2H3. The summed E-state index contributed by atoms with van der Waals surface area (Å²) >= 11 is 0. The van der Waals surface area contributed by atoms with Crippen molar-refractivity contribution in [1.82, 2.24) is 9.55 Å². The number of aryl methyl sites for hydroxylation is 1. The zero-order valence-electron chi connectivity index (χ0n) is 6.03. The molecule has 2 aromatic heterocycles. The maximum Gasteiger partial charge on any atom is 0.188 e. The second-order valence-electron chi connectivity index (χ2n) is 2.30. The number of rotatable bonds is 0. The quantitative estimate of drug-likeness (QED) is 0.522. The van der Waals surface area contributed by atoms with Crippen LogP contribution in [0.3, 0.4) is 0 Å². The van der Waals surface area contributed by atoms with Crippen molar-refractivity contribution >= 4 is 11.2 Å². The minimum Gasteiger partial charge on any atom is -0.440 e. The predicted octanol–water partition coefficient (Wildman–Crippen LogP) is 1.15. The van der Waals surface area contributed by atoms with E-state index in [0.717, 1.165) is 11.2 Å². The fourth-order valence-electron chi connectivity index (χ4n) is 1.09. The van der Waals surface area contributed by atoms with E-state index in [1.165, 1.54) is 6.39 Å². The predicted molar refractivity (Wildman–Crippen MR) is 40.9 cm³/mol. The molecule has 0 saturated carbocycles. The SMILES string of the molecule is C#Cc1cn(C)c2ncoc12. The molecule has 0 radical (unpaired) electrons. The number of aromatic nitrogens is 2. The number of nitrogens with zero attached hydrogens (tertiary/aromatic N) is 2. The van der Waals surface area contributed by atoms with Crippen molar-refractivity contribution < 1.29 is 4.42 Å². The Labute approximate surface area is 63.6 Å². The molecule has 2 rings (SSSR count). The van der Waals surface area contributed by atoms with Crippen LogP contribution in [0.25, 0.3) is 11.2 Å². The first-order chi connectivity index (χ1) is 5.33. The van der Waals surface area contributed by atoms with Crippen molar-refractivity contribution in [3.63, 3.8) is 0 Å². The molecule has 0 aliphatic rings. The summed E-state index contributed by atoms with van der Waals surface area (Å²) in [6, 6.07) is 0. The van der Waals surface area contributed by atoms with Gasteiger partial charge in [-0.2, -0.15) is 4.98 Å². The molecule has 0 aliphatic heterocycles. The van der Waals surface area contributed by atoms with Crippen molar-refractivity contribution in [3.8, 4) is 12.3 Å². The van der Waals surface area contributed by atoms with Crippen molar-refractivity contribution in [3.05, 3.63) is 18.2 Å². The van der Waals surface area contributed by atoms with E-state index >= 15 is 0 Å². The van der Waals surface area contributed by atoms with Crippen molar-refractivity contribution in [1.29, 1.82) is 0 Å². The average Bonchev–Trinajstić information content (AvgIpc) is 2.54. The summed E-state index contributed by atoms with van der Waals surface area (Å²) in [6.07, 6.45) is 8.45. The van der Waals surface area contributed by atoms with Gasteiger partial charge in [0.2, 0.25) is 0 Å². The van der Waals surface area contributed by atoms with E-state index in [1.54, 1.807) is 0 Å². The Bertz CT molecular complexity index is 430. The highest BCUT2D eigenvalue weighted by molar-refractivity contribution is 5.77. The topological polar surface area (TPSA) is 31.0 Å². The highest BCUT2D eigenvalue weighted by atomic mass is 16.3. The molecule has 54 valence electrons. The largest absolute Gasteiger partial charge is 0.440 e. The number of oxazole rings is 1. The molecule has 2 heterocycles. The molecule has 0 amide bonds. The molecule has 0 aliphatic carbocycles. The summed E-state index contributed by atoms with van der Waals surface area (Å²) in [5.74, 6) is 2.52. The van der Waals surface area contributed by atoms with Gasteiger partial charge in [-0.15, -0.1) is 6.42 Å². The fraction of sp³-hybridized carbons (Fsp3) is 0.125. The monoisotopic (exact) mass is 146 g/mol. The van der Waals surface area contributed by atoms with Gasteiger partial charge in [-0.25, -0.2) is 0 Å². The Balaban J connectivity index is 2.94. The molecule has 2 aromatic rings. The van der Waals surface area contributed by atoms with Gasteiger partial charge in [0.05, 0.1) is 5.56 Å². The summed E-state index contributed by atoms with van der Waals surface area (Å²) in [5, 5.41) is 0. The summed E-state index contributed by atoms with van der Waals surface area (Å²) in [6.45, 7) is 0. The van der Waals surface area contributed by atoms with Gasteiger partial charge in [0.25, 0.3) is 0 Å². The summed E-state index contributed by atoms with van der Waals surface area (Å²) in [5.41, 5.74) is 2.23. The molecule has 11 heavy (non-hydrogen) atoms. The molecular formula is C8H6N2O. The van der Waals surface area contributed by atoms with Crippen LogP contribution in [0.5, 0.6) is 0 Å². The van der Waals surface area contributed by atoms with Gasteiger partial charge < -0.3 is 8.98 Å². The van der Waals surface area contributed by atoms with E-state index in [9.17, 15) is 0 Å². The van der Waals surface area contributed by atoms with Gasteiger partial charge in [-0.1, -0.05) is 5.92 Å². The highest BCUT2D eigenvalue weighted by Crippen LogP contribution is 2.17. The second kappa shape index (κ2) is 1.89. The van der Waals surface area contributed by atoms with Crippen LogP contribution in [0.1, 0.15) is 5.56 Å². The third kappa shape index (κ3) is 0.665. The van der Waals surface area contributed by atoms with Crippen LogP contribution in [0.4, 0.5) is 0 Å². The lowest BCUT2D eigenvalue weighted by Gasteiger charge is -1.83. The molecule has 0 unspecified atom stereocenters. The minimum atomic E-state index is 0.690. The first-order valence-corrected chi connectivity index (χ1v) is 3.18. The first-order valence-electron chi connectivity index (χ1n) is 3.18. The lowest BCUT2D eigenvalue weighted by atomic mass is 10.3. The number of hydrogen-bond donors (Lipinski definition) is 0. The molecular weight excluding hydrogens is 140 g/mol. The zero-order valence-corrected chi connectivity index (χ0v) is 6.03. The Morgan fingerprint density at radius 1 is 1.73 bits per heavy atom. The number of fused-ring (bicyclic) bond motifs is 1. The summed E-state index contributed by atoms with van der Waals surface area (Å²) in [7, 11) is 1.88. The average molecular weight is 146 g/mol. The Morgan fingerprint density at radius 3 is 3.27 bits per heavy atom. The third-order valence-corrected chi connectivity index (χ3v) is 1.61. The molecule has 0 spiro atoms. The van der Waals surface area contributed by atoms with E-state index in [1.807, 2.05) is 17.8 Å². The lowest BCUT2D eigenvalue weighted by molar-refractivity contribution is 0.601. The van der Waals surface area contributed by atoms with Crippen LogP contribution in [0.15, 0.2) is 17.0 Å². The maximum absolute atomic E-state index is 5.24. The molecule has 3 heteroatoms. The smallest absolute Gasteiger partial charge is 0.188 e. The Morgan fingerprint density at radius 2 is 2.55 bits per heavy atom. The van der Waals surface area contributed by atoms with Gasteiger partial charge in [0, 0.05) is 13.2 Å². The minimum absolute atomic E-state index is 0.690. The van der Waals surface area contributed by atoms with Crippen LogP contribution >= 0.6 is 0 Å². The van der Waals surface area contributed by atoms with Crippen LogP contribution in [-0.2, 0) is 7.05 Å². The van der Waals surface area contributed by atoms with Gasteiger partial charge >= 0.3 is 0 Å². The molecule has 0 N–H and O–H groups in total. The van der Waals surface area contributed by atoms with E-state index in [4.69, 9.17) is 10.8 Å². The van der Waals surface area contributed by atoms with Crippen molar-refractivity contribution in [2.75, 3.05) is 0 Å². The lowest BCUT2D eigenvalue weighted by Crippen LogP contribution is -1.82. The van der Waals surface area contributed by atoms with Crippen LogP contribution < -0.4 is 0 Å². The normalized spacial score (nSPS) is 10.2. The van der Waals surface area contributed by atoms with E-state index in [2.05, 4.69) is 10.9 Å². The fourth-order valence-corrected chi connectivity index (χ4v) is 1.09.